The minimum Gasteiger partial charge on any atom is -0.352 e. The van der Waals surface area contributed by atoms with Gasteiger partial charge in [0.15, 0.2) is 0 Å². The molecule has 1 unspecified atom stereocenters. The van der Waals surface area contributed by atoms with E-state index in [-0.39, 0.29) is 0 Å². The van der Waals surface area contributed by atoms with Gasteiger partial charge in [0.2, 0.25) is 0 Å². The molecule has 1 aliphatic heterocycles. The van der Waals surface area contributed by atoms with Crippen LogP contribution in [0.5, 0.6) is 0 Å². The molecule has 0 bridgehead atoms. The zero-order chi connectivity index (χ0) is 11.0. The number of hydrogen-bond donors (Lipinski definition) is 1. The highest BCUT2D eigenvalue weighted by atomic mass is 32.1. The second-order valence-electron chi connectivity index (χ2n) is 4.06. The molecule has 3 rings (SSSR count). The van der Waals surface area contributed by atoms with E-state index in [1.54, 1.807) is 17.7 Å². The normalized spacial score (nSPS) is 20.8. The van der Waals surface area contributed by atoms with Crippen molar-refractivity contribution >= 4 is 27.4 Å². The molecule has 0 saturated carbocycles. The largest absolute Gasteiger partial charge is 0.352 e. The van der Waals surface area contributed by atoms with E-state index < -0.39 is 0 Å². The molecule has 4 nitrogen and oxygen atoms in total. The maximum absolute atomic E-state index is 5.80. The van der Waals surface area contributed by atoms with Gasteiger partial charge in [-0.15, -0.1) is 11.3 Å². The van der Waals surface area contributed by atoms with Gasteiger partial charge in [-0.05, 0) is 24.3 Å². The molecule has 0 aromatic carbocycles. The minimum absolute atomic E-state index is 0.443. The highest BCUT2D eigenvalue weighted by Crippen LogP contribution is 2.31. The molecule has 84 valence electrons. The number of nitrogens with zero attached hydrogens (tertiary/aromatic N) is 3. The molecule has 2 aromatic rings. The predicted octanol–water partition coefficient (Wildman–Crippen LogP) is 1.62. The Kier molecular flexibility index (Phi) is 2.49. The van der Waals surface area contributed by atoms with Crippen LogP contribution in [0, 0.1) is 0 Å². The van der Waals surface area contributed by atoms with Crippen LogP contribution in [0.4, 0.5) is 5.82 Å². The van der Waals surface area contributed by atoms with Crippen molar-refractivity contribution in [3.8, 4) is 0 Å². The lowest BCUT2D eigenvalue weighted by Gasteiger charge is -2.24. The first-order valence-electron chi connectivity index (χ1n) is 5.55. The van der Waals surface area contributed by atoms with Crippen LogP contribution in [0.15, 0.2) is 17.8 Å². The fourth-order valence-corrected chi connectivity index (χ4v) is 3.09. The maximum atomic E-state index is 5.80. The van der Waals surface area contributed by atoms with Crippen LogP contribution in [-0.4, -0.2) is 29.1 Å². The van der Waals surface area contributed by atoms with E-state index >= 15 is 0 Å². The summed E-state index contributed by atoms with van der Waals surface area (Å²) < 4.78 is 0. The predicted molar refractivity (Wildman–Crippen MR) is 66.8 cm³/mol. The summed E-state index contributed by atoms with van der Waals surface area (Å²) in [6, 6.07) is 2.54. The quantitative estimate of drug-likeness (QED) is 0.858. The third-order valence-corrected chi connectivity index (χ3v) is 3.98. The standard InChI is InChI=1S/C11H14N4S/c12-6-8-2-1-4-15(8)10-9-3-5-16-11(9)14-7-13-10/h3,5,7-8H,1-2,4,6,12H2. The molecule has 0 aliphatic carbocycles. The molecule has 2 aromatic heterocycles. The summed E-state index contributed by atoms with van der Waals surface area (Å²) in [7, 11) is 0. The summed E-state index contributed by atoms with van der Waals surface area (Å²) in [6.45, 7) is 1.76. The first kappa shape index (κ1) is 9.99. The lowest BCUT2D eigenvalue weighted by Crippen LogP contribution is -2.36. The van der Waals surface area contributed by atoms with Gasteiger partial charge in [0.25, 0.3) is 0 Å². The van der Waals surface area contributed by atoms with Crippen molar-refractivity contribution in [2.24, 2.45) is 5.73 Å². The molecule has 1 aliphatic rings. The molecule has 2 N–H and O–H groups in total. The molecule has 1 atom stereocenters. The van der Waals surface area contributed by atoms with E-state index in [4.69, 9.17) is 5.73 Å². The Morgan fingerprint density at radius 1 is 1.50 bits per heavy atom. The Hall–Kier alpha value is -1.20. The second kappa shape index (κ2) is 3.99. The summed E-state index contributed by atoms with van der Waals surface area (Å²) in [5.74, 6) is 1.05. The van der Waals surface area contributed by atoms with E-state index in [1.165, 1.54) is 12.8 Å². The van der Waals surface area contributed by atoms with Crippen LogP contribution in [0.3, 0.4) is 0 Å². The lowest BCUT2D eigenvalue weighted by molar-refractivity contribution is 0.673. The Bertz CT molecular complexity index is 495. The Morgan fingerprint density at radius 3 is 3.31 bits per heavy atom. The van der Waals surface area contributed by atoms with Gasteiger partial charge in [-0.2, -0.15) is 0 Å². The van der Waals surface area contributed by atoms with Crippen LogP contribution >= 0.6 is 11.3 Å². The zero-order valence-corrected chi connectivity index (χ0v) is 9.78. The summed E-state index contributed by atoms with van der Waals surface area (Å²) >= 11 is 1.66. The fourth-order valence-electron chi connectivity index (χ4n) is 2.37. The second-order valence-corrected chi connectivity index (χ2v) is 4.96. The van der Waals surface area contributed by atoms with Crippen LogP contribution in [0.2, 0.25) is 0 Å². The van der Waals surface area contributed by atoms with Crippen molar-refractivity contribution in [3.05, 3.63) is 17.8 Å². The van der Waals surface area contributed by atoms with E-state index in [2.05, 4.69) is 26.3 Å². The average Bonchev–Trinajstić information content (AvgIpc) is 2.96. The molecule has 0 radical (unpaired) electrons. The highest BCUT2D eigenvalue weighted by molar-refractivity contribution is 7.16. The number of rotatable bonds is 2. The van der Waals surface area contributed by atoms with Gasteiger partial charge in [-0.25, -0.2) is 9.97 Å². The Morgan fingerprint density at radius 2 is 2.44 bits per heavy atom. The van der Waals surface area contributed by atoms with Gasteiger partial charge in [0.05, 0.1) is 5.39 Å². The molecule has 1 fully saturated rings. The molecule has 5 heteroatoms. The molecular formula is C11H14N4S. The van der Waals surface area contributed by atoms with Gasteiger partial charge in [-0.1, -0.05) is 0 Å². The molecule has 3 heterocycles. The highest BCUT2D eigenvalue weighted by Gasteiger charge is 2.25. The number of thiophene rings is 1. The number of anilines is 1. The van der Waals surface area contributed by atoms with Crippen molar-refractivity contribution in [1.29, 1.82) is 0 Å². The van der Waals surface area contributed by atoms with Gasteiger partial charge >= 0.3 is 0 Å². The van der Waals surface area contributed by atoms with Gasteiger partial charge in [0, 0.05) is 19.1 Å². The van der Waals surface area contributed by atoms with Gasteiger partial charge < -0.3 is 10.6 Å². The van der Waals surface area contributed by atoms with Crippen molar-refractivity contribution in [2.45, 2.75) is 18.9 Å². The minimum atomic E-state index is 0.443. The summed E-state index contributed by atoms with van der Waals surface area (Å²) in [4.78, 5) is 12.1. The van der Waals surface area contributed by atoms with Crippen LogP contribution in [0.1, 0.15) is 12.8 Å². The van der Waals surface area contributed by atoms with Gasteiger partial charge in [-0.3, -0.25) is 0 Å². The van der Waals surface area contributed by atoms with Gasteiger partial charge in [0.1, 0.15) is 17.0 Å². The monoisotopic (exact) mass is 234 g/mol. The summed E-state index contributed by atoms with van der Waals surface area (Å²) in [5.41, 5.74) is 5.80. The maximum Gasteiger partial charge on any atom is 0.141 e. The first-order chi connectivity index (χ1) is 7.90. The third kappa shape index (κ3) is 1.47. The summed E-state index contributed by atoms with van der Waals surface area (Å²) in [5, 5.41) is 3.23. The Labute approximate surface area is 98.1 Å². The van der Waals surface area contributed by atoms with Crippen molar-refractivity contribution in [1.82, 2.24) is 9.97 Å². The SMILES string of the molecule is NCC1CCCN1c1ncnc2sccc12. The molecule has 16 heavy (non-hydrogen) atoms. The molecule has 0 amide bonds. The fraction of sp³-hybridized carbons (Fsp3) is 0.455. The van der Waals surface area contributed by atoms with Crippen molar-refractivity contribution < 1.29 is 0 Å². The zero-order valence-electron chi connectivity index (χ0n) is 8.97. The Balaban J connectivity index is 2.07. The number of aromatic nitrogens is 2. The van der Waals surface area contributed by atoms with E-state index in [0.717, 1.165) is 22.6 Å². The van der Waals surface area contributed by atoms with Crippen LogP contribution < -0.4 is 10.6 Å². The number of hydrogen-bond acceptors (Lipinski definition) is 5. The number of fused-ring (bicyclic) bond motifs is 1. The summed E-state index contributed by atoms with van der Waals surface area (Å²) in [6.07, 6.45) is 4.03. The lowest BCUT2D eigenvalue weighted by atomic mass is 10.2. The average molecular weight is 234 g/mol. The van der Waals surface area contributed by atoms with E-state index in [1.807, 2.05) is 0 Å². The number of nitrogens with two attached hydrogens (primary N) is 1. The van der Waals surface area contributed by atoms with Crippen molar-refractivity contribution in [3.63, 3.8) is 0 Å². The molecular weight excluding hydrogens is 220 g/mol. The molecule has 0 spiro atoms. The third-order valence-electron chi connectivity index (χ3n) is 3.16. The topological polar surface area (TPSA) is 55.0 Å². The van der Waals surface area contributed by atoms with Crippen LogP contribution in [-0.2, 0) is 0 Å². The first-order valence-corrected chi connectivity index (χ1v) is 6.43. The van der Waals surface area contributed by atoms with E-state index in [0.29, 0.717) is 12.6 Å². The van der Waals surface area contributed by atoms with E-state index in [9.17, 15) is 0 Å². The molecule has 1 saturated heterocycles. The smallest absolute Gasteiger partial charge is 0.141 e. The van der Waals surface area contributed by atoms with Crippen molar-refractivity contribution in [2.75, 3.05) is 18.0 Å². The van der Waals surface area contributed by atoms with Crippen LogP contribution in [0.25, 0.3) is 10.2 Å².